The van der Waals surface area contributed by atoms with Gasteiger partial charge in [-0.2, -0.15) is 0 Å². The largest absolute Gasteiger partial charge is 0.467 e. The van der Waals surface area contributed by atoms with Crippen molar-refractivity contribution in [3.63, 3.8) is 0 Å². The van der Waals surface area contributed by atoms with Crippen molar-refractivity contribution in [1.29, 1.82) is 0 Å². The number of esters is 1. The third-order valence-corrected chi connectivity index (χ3v) is 5.29. The number of hydrogen-bond acceptors (Lipinski definition) is 5. The summed E-state index contributed by atoms with van der Waals surface area (Å²) in [4.78, 5) is 36.1. The van der Waals surface area contributed by atoms with E-state index in [-0.39, 0.29) is 45.9 Å². The number of rotatable bonds is 9. The Hall–Kier alpha value is -2.77. The van der Waals surface area contributed by atoms with Crippen LogP contribution in [0.3, 0.4) is 0 Å². The number of hydrogen-bond donors (Lipinski definition) is 2. The van der Waals surface area contributed by atoms with E-state index in [0.29, 0.717) is 17.0 Å². The van der Waals surface area contributed by atoms with Crippen molar-refractivity contribution in [1.82, 2.24) is 5.32 Å². The number of halogens is 2. The molecule has 9 heteroatoms. The van der Waals surface area contributed by atoms with Crippen molar-refractivity contribution in [2.75, 3.05) is 12.4 Å². The Morgan fingerprint density at radius 1 is 0.970 bits per heavy atom. The highest BCUT2D eigenvalue weighted by Gasteiger charge is 2.25. The SMILES string of the molecule is COC(=O)[C@@H](NC(=O)Cc1cc(Cl)c(Oc2ccc(NC(=O)C(C)C)cc2)c(Cl)c1)C(C)C. The number of anilines is 1. The highest BCUT2D eigenvalue weighted by Crippen LogP contribution is 2.37. The van der Waals surface area contributed by atoms with Crippen molar-refractivity contribution >= 4 is 46.7 Å². The molecule has 0 unspecified atom stereocenters. The van der Waals surface area contributed by atoms with Gasteiger partial charge in [0, 0.05) is 11.6 Å². The predicted octanol–water partition coefficient (Wildman–Crippen LogP) is 5.24. The summed E-state index contributed by atoms with van der Waals surface area (Å²) in [7, 11) is 1.28. The predicted molar refractivity (Wildman–Crippen MR) is 129 cm³/mol. The van der Waals surface area contributed by atoms with E-state index in [2.05, 4.69) is 10.6 Å². The van der Waals surface area contributed by atoms with Gasteiger partial charge in [-0.3, -0.25) is 9.59 Å². The van der Waals surface area contributed by atoms with Gasteiger partial charge in [0.05, 0.1) is 23.6 Å². The molecule has 0 aliphatic rings. The standard InChI is InChI=1S/C24H28Cl2N2O5/c1-13(2)21(24(31)32-5)28-20(29)12-15-10-18(25)22(19(26)11-15)33-17-8-6-16(7-9-17)27-23(30)14(3)4/h6-11,13-14,21H,12H2,1-5H3,(H,27,30)(H,28,29)/t21-/m0/s1. The molecule has 1 atom stereocenters. The van der Waals surface area contributed by atoms with Crippen LogP contribution in [0.2, 0.25) is 10.0 Å². The van der Waals surface area contributed by atoms with Crippen LogP contribution in [-0.2, 0) is 25.5 Å². The maximum absolute atomic E-state index is 12.4. The van der Waals surface area contributed by atoms with Crippen LogP contribution in [0, 0.1) is 11.8 Å². The molecule has 0 radical (unpaired) electrons. The molecule has 2 aromatic carbocycles. The van der Waals surface area contributed by atoms with Gasteiger partial charge in [0.15, 0.2) is 5.75 Å². The van der Waals surface area contributed by atoms with Crippen LogP contribution in [0.15, 0.2) is 36.4 Å². The van der Waals surface area contributed by atoms with Crippen molar-refractivity contribution in [2.45, 2.75) is 40.2 Å². The summed E-state index contributed by atoms with van der Waals surface area (Å²) in [5, 5.41) is 5.94. The molecule has 2 amide bonds. The molecule has 0 fully saturated rings. The van der Waals surface area contributed by atoms with E-state index in [4.69, 9.17) is 32.7 Å². The summed E-state index contributed by atoms with van der Waals surface area (Å²) in [5.41, 5.74) is 1.21. The number of carbonyl (C=O) groups is 3. The number of amides is 2. The van der Waals surface area contributed by atoms with Gasteiger partial charge in [0.25, 0.3) is 0 Å². The third kappa shape index (κ3) is 7.65. The highest BCUT2D eigenvalue weighted by molar-refractivity contribution is 6.37. The van der Waals surface area contributed by atoms with Crippen LogP contribution in [0.1, 0.15) is 33.3 Å². The summed E-state index contributed by atoms with van der Waals surface area (Å²) in [6.45, 7) is 7.25. The number of ether oxygens (including phenoxy) is 2. The average Bonchev–Trinajstić information content (AvgIpc) is 2.74. The molecule has 0 bridgehead atoms. The number of carbonyl (C=O) groups excluding carboxylic acids is 3. The fourth-order valence-corrected chi connectivity index (χ4v) is 3.47. The van der Waals surface area contributed by atoms with E-state index >= 15 is 0 Å². The Balaban J connectivity index is 2.08. The lowest BCUT2D eigenvalue weighted by Crippen LogP contribution is -2.45. The second kappa shape index (κ2) is 11.9. The fourth-order valence-electron chi connectivity index (χ4n) is 2.86. The first-order chi connectivity index (χ1) is 15.5. The molecule has 2 N–H and O–H groups in total. The summed E-state index contributed by atoms with van der Waals surface area (Å²) < 4.78 is 10.5. The van der Waals surface area contributed by atoms with Gasteiger partial charge in [0.1, 0.15) is 11.8 Å². The second-order valence-electron chi connectivity index (χ2n) is 8.15. The molecule has 0 saturated carbocycles. The summed E-state index contributed by atoms with van der Waals surface area (Å²) in [5.74, 6) is -0.487. The lowest BCUT2D eigenvalue weighted by molar-refractivity contribution is -0.146. The Morgan fingerprint density at radius 3 is 2.03 bits per heavy atom. The number of methoxy groups -OCH3 is 1. The van der Waals surface area contributed by atoms with Gasteiger partial charge in [-0.1, -0.05) is 50.9 Å². The van der Waals surface area contributed by atoms with Gasteiger partial charge in [-0.05, 0) is 47.9 Å². The average molecular weight is 495 g/mol. The summed E-state index contributed by atoms with van der Waals surface area (Å²) >= 11 is 12.7. The second-order valence-corrected chi connectivity index (χ2v) is 8.96. The molecule has 0 aliphatic carbocycles. The van der Waals surface area contributed by atoms with Gasteiger partial charge < -0.3 is 20.1 Å². The zero-order valence-corrected chi connectivity index (χ0v) is 20.7. The van der Waals surface area contributed by atoms with Crippen molar-refractivity contribution in [3.05, 3.63) is 52.0 Å². The van der Waals surface area contributed by atoms with Crippen LogP contribution >= 0.6 is 23.2 Å². The van der Waals surface area contributed by atoms with E-state index in [1.165, 1.54) is 7.11 Å². The van der Waals surface area contributed by atoms with Gasteiger partial charge in [-0.25, -0.2) is 4.79 Å². The van der Waals surface area contributed by atoms with E-state index in [1.54, 1.807) is 36.4 Å². The van der Waals surface area contributed by atoms with Crippen molar-refractivity contribution in [3.8, 4) is 11.5 Å². The topological polar surface area (TPSA) is 93.7 Å². The minimum absolute atomic E-state index is 0.0236. The van der Waals surface area contributed by atoms with Crippen molar-refractivity contribution in [2.24, 2.45) is 11.8 Å². The van der Waals surface area contributed by atoms with Gasteiger partial charge in [0.2, 0.25) is 11.8 Å². The van der Waals surface area contributed by atoms with Crippen LogP contribution in [0.5, 0.6) is 11.5 Å². The molecule has 0 aromatic heterocycles. The van der Waals surface area contributed by atoms with Gasteiger partial charge in [-0.15, -0.1) is 0 Å². The zero-order valence-electron chi connectivity index (χ0n) is 19.2. The minimum Gasteiger partial charge on any atom is -0.467 e. The fraction of sp³-hybridized carbons (Fsp3) is 0.375. The normalized spacial score (nSPS) is 11.8. The molecular formula is C24H28Cl2N2O5. The maximum Gasteiger partial charge on any atom is 0.328 e. The lowest BCUT2D eigenvalue weighted by Gasteiger charge is -2.20. The molecule has 2 rings (SSSR count). The first-order valence-electron chi connectivity index (χ1n) is 10.5. The smallest absolute Gasteiger partial charge is 0.328 e. The monoisotopic (exact) mass is 494 g/mol. The lowest BCUT2D eigenvalue weighted by atomic mass is 10.0. The molecule has 2 aromatic rings. The Kier molecular flexibility index (Phi) is 9.56. The molecule has 33 heavy (non-hydrogen) atoms. The first kappa shape index (κ1) is 26.5. The molecule has 0 aliphatic heterocycles. The Labute approximate surface area is 203 Å². The Morgan fingerprint density at radius 2 is 1.55 bits per heavy atom. The molecule has 0 saturated heterocycles. The number of benzene rings is 2. The molecule has 0 heterocycles. The molecule has 0 spiro atoms. The zero-order chi connectivity index (χ0) is 24.7. The molecule has 7 nitrogen and oxygen atoms in total. The van der Waals surface area contributed by atoms with E-state index in [0.717, 1.165) is 0 Å². The molecular weight excluding hydrogens is 467 g/mol. The van der Waals surface area contributed by atoms with E-state index in [9.17, 15) is 14.4 Å². The van der Waals surface area contributed by atoms with Crippen molar-refractivity contribution < 1.29 is 23.9 Å². The summed E-state index contributed by atoms with van der Waals surface area (Å²) in [6, 6.07) is 9.21. The third-order valence-electron chi connectivity index (χ3n) is 4.73. The highest BCUT2D eigenvalue weighted by atomic mass is 35.5. The number of nitrogens with one attached hydrogen (secondary N) is 2. The van der Waals surface area contributed by atoms with E-state index in [1.807, 2.05) is 27.7 Å². The van der Waals surface area contributed by atoms with Crippen LogP contribution in [-0.4, -0.2) is 30.9 Å². The maximum atomic E-state index is 12.4. The van der Waals surface area contributed by atoms with Crippen LogP contribution in [0.25, 0.3) is 0 Å². The quantitative estimate of drug-likeness (QED) is 0.465. The van der Waals surface area contributed by atoms with Crippen LogP contribution < -0.4 is 15.4 Å². The van der Waals surface area contributed by atoms with E-state index < -0.39 is 12.0 Å². The van der Waals surface area contributed by atoms with Gasteiger partial charge >= 0.3 is 5.97 Å². The summed E-state index contributed by atoms with van der Waals surface area (Å²) in [6.07, 6.45) is -0.0236. The Bertz CT molecular complexity index is 983. The molecule has 178 valence electrons. The first-order valence-corrected chi connectivity index (χ1v) is 11.2. The van der Waals surface area contributed by atoms with Crippen LogP contribution in [0.4, 0.5) is 5.69 Å². The minimum atomic E-state index is -0.746.